The monoisotopic (exact) mass is 174 g/mol. The van der Waals surface area contributed by atoms with Gasteiger partial charge in [0.2, 0.25) is 0 Å². The molecule has 0 saturated carbocycles. The Morgan fingerprint density at radius 3 is 2.00 bits per heavy atom. The maximum absolute atomic E-state index is 2.22. The molecule has 13 heavy (non-hydrogen) atoms. The van der Waals surface area contributed by atoms with Crippen molar-refractivity contribution in [2.45, 2.75) is 33.6 Å². The van der Waals surface area contributed by atoms with Gasteiger partial charge in [0.25, 0.3) is 0 Å². The molecule has 0 aromatic heterocycles. The molecule has 0 amide bonds. The lowest BCUT2D eigenvalue weighted by Crippen LogP contribution is -1.92. The third-order valence-corrected chi connectivity index (χ3v) is 2.38. The molecule has 0 saturated heterocycles. The van der Waals surface area contributed by atoms with Gasteiger partial charge in [-0.15, -0.1) is 0 Å². The average molecular weight is 174 g/mol. The molecule has 0 aliphatic heterocycles. The van der Waals surface area contributed by atoms with Crippen LogP contribution in [0.3, 0.4) is 0 Å². The minimum absolute atomic E-state index is 1.12. The molecular weight excluding hydrogens is 156 g/mol. The van der Waals surface area contributed by atoms with Crippen molar-refractivity contribution in [3.63, 3.8) is 0 Å². The highest BCUT2D eigenvalue weighted by atomic mass is 14.1. The van der Waals surface area contributed by atoms with E-state index in [0.717, 1.165) is 12.8 Å². The highest BCUT2D eigenvalue weighted by Gasteiger charge is 2.01. The Kier molecular flexibility index (Phi) is 3.75. The van der Waals surface area contributed by atoms with Crippen LogP contribution in [0.15, 0.2) is 24.3 Å². The number of benzene rings is 1. The first-order valence-electron chi connectivity index (χ1n) is 5.06. The molecule has 0 atom stereocenters. The highest BCUT2D eigenvalue weighted by molar-refractivity contribution is 5.58. The summed E-state index contributed by atoms with van der Waals surface area (Å²) in [5, 5.41) is 0. The molecular formula is C13H18. The van der Waals surface area contributed by atoms with Gasteiger partial charge >= 0.3 is 0 Å². The van der Waals surface area contributed by atoms with Crippen LogP contribution in [0.4, 0.5) is 0 Å². The van der Waals surface area contributed by atoms with E-state index in [1.165, 1.54) is 16.7 Å². The second kappa shape index (κ2) is 4.86. The van der Waals surface area contributed by atoms with E-state index in [2.05, 4.69) is 51.1 Å². The molecule has 1 rings (SSSR count). The van der Waals surface area contributed by atoms with E-state index in [0.29, 0.717) is 0 Å². The van der Waals surface area contributed by atoms with Gasteiger partial charge < -0.3 is 0 Å². The summed E-state index contributed by atoms with van der Waals surface area (Å²) in [5.41, 5.74) is 4.34. The zero-order valence-electron chi connectivity index (χ0n) is 8.80. The first-order chi connectivity index (χ1) is 6.33. The van der Waals surface area contributed by atoms with Crippen molar-refractivity contribution in [2.75, 3.05) is 0 Å². The molecule has 0 fully saturated rings. The smallest absolute Gasteiger partial charge is 0.0196 e. The van der Waals surface area contributed by atoms with E-state index >= 15 is 0 Å². The van der Waals surface area contributed by atoms with E-state index in [4.69, 9.17) is 0 Å². The van der Waals surface area contributed by atoms with Crippen LogP contribution >= 0.6 is 0 Å². The predicted octanol–water partition coefficient (Wildman–Crippen LogP) is 3.84. The number of aryl methyl sites for hydroxylation is 2. The number of allylic oxidation sites excluding steroid dienone is 1. The summed E-state index contributed by atoms with van der Waals surface area (Å²) in [5.74, 6) is 0. The maximum Gasteiger partial charge on any atom is -0.0196 e. The number of hydrogen-bond donors (Lipinski definition) is 0. The Labute approximate surface area is 81.3 Å². The fraction of sp³-hybridized carbons (Fsp3) is 0.385. The number of hydrogen-bond acceptors (Lipinski definition) is 0. The van der Waals surface area contributed by atoms with Gasteiger partial charge in [-0.05, 0) is 36.5 Å². The van der Waals surface area contributed by atoms with Gasteiger partial charge in [0.15, 0.2) is 0 Å². The Morgan fingerprint density at radius 1 is 1.08 bits per heavy atom. The predicted molar refractivity (Wildman–Crippen MR) is 59.9 cm³/mol. The molecule has 0 aliphatic rings. The van der Waals surface area contributed by atoms with Crippen molar-refractivity contribution in [1.82, 2.24) is 0 Å². The fourth-order valence-corrected chi connectivity index (χ4v) is 1.66. The average Bonchev–Trinajstić information content (AvgIpc) is 2.18. The van der Waals surface area contributed by atoms with E-state index < -0.39 is 0 Å². The first-order valence-corrected chi connectivity index (χ1v) is 5.06. The largest absolute Gasteiger partial charge is 0.0870 e. The van der Waals surface area contributed by atoms with Crippen molar-refractivity contribution < 1.29 is 0 Å². The molecule has 0 aliphatic carbocycles. The van der Waals surface area contributed by atoms with Crippen LogP contribution < -0.4 is 0 Å². The SMILES string of the molecule is CC=Cc1c(CC)cccc1CC. The quantitative estimate of drug-likeness (QED) is 0.653. The van der Waals surface area contributed by atoms with Gasteiger partial charge in [0, 0.05) is 0 Å². The second-order valence-electron chi connectivity index (χ2n) is 3.20. The van der Waals surface area contributed by atoms with E-state index in [1.807, 2.05) is 0 Å². The van der Waals surface area contributed by atoms with Crippen LogP contribution in [0.2, 0.25) is 0 Å². The number of rotatable bonds is 3. The Balaban J connectivity index is 3.21. The summed E-state index contributed by atoms with van der Waals surface area (Å²) >= 11 is 0. The molecule has 0 N–H and O–H groups in total. The summed E-state index contributed by atoms with van der Waals surface area (Å²) in [6.07, 6.45) is 6.58. The summed E-state index contributed by atoms with van der Waals surface area (Å²) in [4.78, 5) is 0. The van der Waals surface area contributed by atoms with E-state index in [9.17, 15) is 0 Å². The summed E-state index contributed by atoms with van der Waals surface area (Å²) in [6, 6.07) is 6.59. The minimum atomic E-state index is 1.12. The van der Waals surface area contributed by atoms with Crippen LogP contribution in [-0.2, 0) is 12.8 Å². The molecule has 0 heterocycles. The van der Waals surface area contributed by atoms with E-state index in [1.54, 1.807) is 0 Å². The van der Waals surface area contributed by atoms with Crippen molar-refractivity contribution in [1.29, 1.82) is 0 Å². The lowest BCUT2D eigenvalue weighted by molar-refractivity contribution is 1.08. The molecule has 0 radical (unpaired) electrons. The molecule has 0 spiro atoms. The highest BCUT2D eigenvalue weighted by Crippen LogP contribution is 2.17. The lowest BCUT2D eigenvalue weighted by Gasteiger charge is -2.08. The van der Waals surface area contributed by atoms with Gasteiger partial charge in [0.1, 0.15) is 0 Å². The van der Waals surface area contributed by atoms with Crippen molar-refractivity contribution >= 4 is 6.08 Å². The van der Waals surface area contributed by atoms with Gasteiger partial charge in [-0.2, -0.15) is 0 Å². The summed E-state index contributed by atoms with van der Waals surface area (Å²) in [6.45, 7) is 6.50. The standard InChI is InChI=1S/C13H18/c1-4-8-13-11(5-2)9-7-10-12(13)6-3/h4,7-10H,5-6H2,1-3H3. The molecule has 70 valence electrons. The maximum atomic E-state index is 2.22. The molecule has 1 aromatic carbocycles. The van der Waals surface area contributed by atoms with Crippen molar-refractivity contribution in [3.8, 4) is 0 Å². The lowest BCUT2D eigenvalue weighted by atomic mass is 9.97. The Bertz CT molecular complexity index is 273. The summed E-state index contributed by atoms with van der Waals surface area (Å²) in [7, 11) is 0. The molecule has 0 bridgehead atoms. The van der Waals surface area contributed by atoms with Crippen LogP contribution in [0.1, 0.15) is 37.5 Å². The molecule has 0 nitrogen and oxygen atoms in total. The third kappa shape index (κ3) is 2.21. The molecule has 0 unspecified atom stereocenters. The van der Waals surface area contributed by atoms with Crippen LogP contribution in [-0.4, -0.2) is 0 Å². The fourth-order valence-electron chi connectivity index (χ4n) is 1.66. The molecule has 1 aromatic rings. The van der Waals surface area contributed by atoms with Crippen molar-refractivity contribution in [2.24, 2.45) is 0 Å². The molecule has 0 heteroatoms. The van der Waals surface area contributed by atoms with Crippen LogP contribution in [0.5, 0.6) is 0 Å². The van der Waals surface area contributed by atoms with Gasteiger partial charge in [-0.1, -0.05) is 44.2 Å². The topological polar surface area (TPSA) is 0 Å². The van der Waals surface area contributed by atoms with Crippen LogP contribution in [0.25, 0.3) is 6.08 Å². The second-order valence-corrected chi connectivity index (χ2v) is 3.20. The first kappa shape index (κ1) is 10.0. The third-order valence-electron chi connectivity index (χ3n) is 2.38. The van der Waals surface area contributed by atoms with Crippen molar-refractivity contribution in [3.05, 3.63) is 41.0 Å². The van der Waals surface area contributed by atoms with Gasteiger partial charge in [0.05, 0.1) is 0 Å². The zero-order valence-corrected chi connectivity index (χ0v) is 8.80. The summed E-state index contributed by atoms with van der Waals surface area (Å²) < 4.78 is 0. The Morgan fingerprint density at radius 2 is 1.62 bits per heavy atom. The van der Waals surface area contributed by atoms with Gasteiger partial charge in [-0.25, -0.2) is 0 Å². The normalized spacial score (nSPS) is 11.0. The van der Waals surface area contributed by atoms with Gasteiger partial charge in [-0.3, -0.25) is 0 Å². The minimum Gasteiger partial charge on any atom is -0.0870 e. The zero-order chi connectivity index (χ0) is 9.68. The van der Waals surface area contributed by atoms with E-state index in [-0.39, 0.29) is 0 Å². The van der Waals surface area contributed by atoms with Crippen LogP contribution in [0, 0.1) is 0 Å². The Hall–Kier alpha value is -1.04.